The predicted molar refractivity (Wildman–Crippen MR) is 78.4 cm³/mol. The fourth-order valence-electron chi connectivity index (χ4n) is 2.31. The van der Waals surface area contributed by atoms with E-state index in [4.69, 9.17) is 5.14 Å². The molecule has 1 aliphatic rings. The summed E-state index contributed by atoms with van der Waals surface area (Å²) in [6.45, 7) is 2.65. The Kier molecular flexibility index (Phi) is 4.67. The Morgan fingerprint density at radius 3 is 2.62 bits per heavy atom. The third kappa shape index (κ3) is 3.62. The number of carbonyl (C=O) groups excluding carboxylic acids is 1. The van der Waals surface area contributed by atoms with Gasteiger partial charge in [0.05, 0.1) is 5.69 Å². The third-order valence-electron chi connectivity index (χ3n) is 3.66. The van der Waals surface area contributed by atoms with Gasteiger partial charge in [-0.3, -0.25) is 9.89 Å². The Labute approximate surface area is 124 Å². The number of hydrogen-bond acceptors (Lipinski definition) is 4. The fraction of sp³-hybridized carbons (Fsp3) is 0.692. The Morgan fingerprint density at radius 1 is 1.43 bits per heavy atom. The Hall–Kier alpha value is -1.41. The second kappa shape index (κ2) is 6.15. The van der Waals surface area contributed by atoms with E-state index >= 15 is 0 Å². The van der Waals surface area contributed by atoms with E-state index in [0.717, 1.165) is 32.1 Å². The van der Waals surface area contributed by atoms with Crippen LogP contribution in [0.25, 0.3) is 0 Å². The van der Waals surface area contributed by atoms with Gasteiger partial charge in [-0.25, -0.2) is 13.6 Å². The smallest absolute Gasteiger partial charge is 0.275 e. The number of carbonyl (C=O) groups is 1. The molecule has 1 saturated carbocycles. The summed E-state index contributed by atoms with van der Waals surface area (Å²) in [6.07, 6.45) is 4.74. The summed E-state index contributed by atoms with van der Waals surface area (Å²) >= 11 is 0. The van der Waals surface area contributed by atoms with Crippen LogP contribution in [-0.2, 0) is 10.0 Å². The Morgan fingerprint density at radius 2 is 2.10 bits per heavy atom. The van der Waals surface area contributed by atoms with E-state index in [1.165, 1.54) is 4.90 Å². The zero-order valence-corrected chi connectivity index (χ0v) is 13.2. The summed E-state index contributed by atoms with van der Waals surface area (Å²) in [7, 11) is -2.32. The van der Waals surface area contributed by atoms with Crippen molar-refractivity contribution in [1.82, 2.24) is 15.1 Å². The molecule has 2 rings (SSSR count). The quantitative estimate of drug-likeness (QED) is 0.737. The average molecular weight is 314 g/mol. The van der Waals surface area contributed by atoms with Crippen molar-refractivity contribution in [2.45, 2.75) is 49.8 Å². The second-order valence-corrected chi connectivity index (χ2v) is 7.07. The zero-order chi connectivity index (χ0) is 15.6. The van der Waals surface area contributed by atoms with Crippen LogP contribution in [0.3, 0.4) is 0 Å². The summed E-state index contributed by atoms with van der Waals surface area (Å²) in [5, 5.41) is 11.9. The van der Waals surface area contributed by atoms with Crippen LogP contribution in [0.2, 0.25) is 0 Å². The number of nitrogens with one attached hydrogen (secondary N) is 1. The minimum atomic E-state index is -3.97. The van der Waals surface area contributed by atoms with Crippen molar-refractivity contribution in [3.05, 3.63) is 11.4 Å². The van der Waals surface area contributed by atoms with Crippen LogP contribution in [0.1, 0.15) is 61.1 Å². The Balaban J connectivity index is 2.25. The lowest BCUT2D eigenvalue weighted by Crippen LogP contribution is -2.30. The van der Waals surface area contributed by atoms with E-state index < -0.39 is 15.9 Å². The number of aromatic nitrogens is 2. The van der Waals surface area contributed by atoms with Gasteiger partial charge in [0, 0.05) is 19.5 Å². The van der Waals surface area contributed by atoms with Crippen molar-refractivity contribution in [2.75, 3.05) is 13.6 Å². The maximum atomic E-state index is 12.4. The SMILES string of the molecule is CCCCCN(C)C(=O)c1n[nH]c(C2CC2)c1S(N)(=O)=O. The number of unbranched alkanes of at least 4 members (excludes halogenated alkanes) is 2. The molecule has 0 spiro atoms. The van der Waals surface area contributed by atoms with Crippen LogP contribution in [0.15, 0.2) is 4.90 Å². The van der Waals surface area contributed by atoms with Gasteiger partial charge in [-0.1, -0.05) is 19.8 Å². The molecule has 1 aliphatic carbocycles. The van der Waals surface area contributed by atoms with Gasteiger partial charge in [-0.05, 0) is 19.3 Å². The number of nitrogens with two attached hydrogens (primary N) is 1. The normalized spacial score (nSPS) is 15.2. The summed E-state index contributed by atoms with van der Waals surface area (Å²) in [5.74, 6) is -0.281. The molecule has 118 valence electrons. The predicted octanol–water partition coefficient (Wildman–Crippen LogP) is 1.20. The monoisotopic (exact) mass is 314 g/mol. The molecule has 0 radical (unpaired) electrons. The van der Waals surface area contributed by atoms with Gasteiger partial charge < -0.3 is 4.90 Å². The number of rotatable bonds is 7. The summed E-state index contributed by atoms with van der Waals surface area (Å²) < 4.78 is 23.6. The van der Waals surface area contributed by atoms with E-state index in [-0.39, 0.29) is 16.5 Å². The van der Waals surface area contributed by atoms with Crippen LogP contribution in [-0.4, -0.2) is 43.0 Å². The lowest BCUT2D eigenvalue weighted by atomic mass is 10.2. The molecule has 1 aromatic heterocycles. The molecule has 0 aromatic carbocycles. The van der Waals surface area contributed by atoms with Crippen molar-refractivity contribution < 1.29 is 13.2 Å². The standard InChI is InChI=1S/C13H22N4O3S/c1-3-4-5-8-17(2)13(18)11-12(21(14,19)20)10(15-16-11)9-6-7-9/h9H,3-8H2,1-2H3,(H,15,16)(H2,14,19,20). The first-order valence-corrected chi connectivity index (χ1v) is 8.77. The number of amides is 1. The molecule has 1 amide bonds. The summed E-state index contributed by atoms with van der Waals surface area (Å²) in [5.41, 5.74) is 0.390. The van der Waals surface area contributed by atoms with Crippen molar-refractivity contribution >= 4 is 15.9 Å². The topological polar surface area (TPSA) is 109 Å². The Bertz CT molecular complexity index is 619. The number of sulfonamides is 1. The van der Waals surface area contributed by atoms with E-state index in [9.17, 15) is 13.2 Å². The molecule has 8 heteroatoms. The maximum absolute atomic E-state index is 12.4. The van der Waals surface area contributed by atoms with Crippen molar-refractivity contribution in [1.29, 1.82) is 0 Å². The van der Waals surface area contributed by atoms with Gasteiger partial charge in [-0.15, -0.1) is 0 Å². The first-order valence-electron chi connectivity index (χ1n) is 7.22. The van der Waals surface area contributed by atoms with E-state index in [1.807, 2.05) is 0 Å². The number of H-pyrrole nitrogens is 1. The summed E-state index contributed by atoms with van der Waals surface area (Å²) in [4.78, 5) is 13.8. The lowest BCUT2D eigenvalue weighted by molar-refractivity contribution is 0.0783. The van der Waals surface area contributed by atoms with Crippen molar-refractivity contribution in [3.8, 4) is 0 Å². The summed E-state index contributed by atoms with van der Waals surface area (Å²) in [6, 6.07) is 0. The van der Waals surface area contributed by atoms with Crippen LogP contribution < -0.4 is 5.14 Å². The van der Waals surface area contributed by atoms with Crippen molar-refractivity contribution in [2.24, 2.45) is 5.14 Å². The average Bonchev–Trinajstić information content (AvgIpc) is 3.15. The zero-order valence-electron chi connectivity index (χ0n) is 12.4. The molecule has 0 aliphatic heterocycles. The minimum absolute atomic E-state index is 0.0848. The molecular weight excluding hydrogens is 292 g/mol. The lowest BCUT2D eigenvalue weighted by Gasteiger charge is -2.16. The molecule has 0 saturated heterocycles. The fourth-order valence-corrected chi connectivity index (χ4v) is 3.23. The van der Waals surface area contributed by atoms with E-state index in [1.54, 1.807) is 7.05 Å². The van der Waals surface area contributed by atoms with E-state index in [2.05, 4.69) is 17.1 Å². The number of aromatic amines is 1. The van der Waals surface area contributed by atoms with Crippen LogP contribution in [0.4, 0.5) is 0 Å². The highest BCUT2D eigenvalue weighted by Crippen LogP contribution is 2.42. The van der Waals surface area contributed by atoms with Gasteiger partial charge in [0.2, 0.25) is 10.0 Å². The highest BCUT2D eigenvalue weighted by molar-refractivity contribution is 7.89. The van der Waals surface area contributed by atoms with E-state index in [0.29, 0.717) is 12.2 Å². The maximum Gasteiger partial charge on any atom is 0.275 e. The molecule has 0 atom stereocenters. The van der Waals surface area contributed by atoms with Gasteiger partial charge in [0.25, 0.3) is 5.91 Å². The number of nitrogens with zero attached hydrogens (tertiary/aromatic N) is 2. The molecule has 21 heavy (non-hydrogen) atoms. The highest BCUT2D eigenvalue weighted by atomic mass is 32.2. The molecule has 0 bridgehead atoms. The number of primary sulfonamides is 1. The second-order valence-electron chi connectivity index (χ2n) is 5.57. The van der Waals surface area contributed by atoms with Crippen LogP contribution in [0.5, 0.6) is 0 Å². The molecular formula is C13H22N4O3S. The third-order valence-corrected chi connectivity index (χ3v) is 4.65. The molecule has 3 N–H and O–H groups in total. The van der Waals surface area contributed by atoms with Crippen molar-refractivity contribution in [3.63, 3.8) is 0 Å². The van der Waals surface area contributed by atoms with Crippen LogP contribution >= 0.6 is 0 Å². The highest BCUT2D eigenvalue weighted by Gasteiger charge is 2.36. The molecule has 1 heterocycles. The van der Waals surface area contributed by atoms with Crippen LogP contribution in [0, 0.1) is 0 Å². The van der Waals surface area contributed by atoms with Gasteiger partial charge in [0.15, 0.2) is 5.69 Å². The molecule has 0 unspecified atom stereocenters. The molecule has 7 nitrogen and oxygen atoms in total. The first-order chi connectivity index (χ1) is 9.86. The minimum Gasteiger partial charge on any atom is -0.340 e. The van der Waals surface area contributed by atoms with Gasteiger partial charge >= 0.3 is 0 Å². The van der Waals surface area contributed by atoms with Gasteiger partial charge in [-0.2, -0.15) is 5.10 Å². The largest absolute Gasteiger partial charge is 0.340 e. The number of hydrogen-bond donors (Lipinski definition) is 2. The molecule has 1 aromatic rings. The first kappa shape index (κ1) is 16.0. The molecule has 1 fully saturated rings. The van der Waals surface area contributed by atoms with Gasteiger partial charge in [0.1, 0.15) is 4.90 Å².